The first-order valence-corrected chi connectivity index (χ1v) is 8.28. The van der Waals surface area contributed by atoms with Crippen molar-refractivity contribution in [3.63, 3.8) is 0 Å². The second kappa shape index (κ2) is 14.4. The van der Waals surface area contributed by atoms with Crippen LogP contribution in [0.15, 0.2) is 30.3 Å². The van der Waals surface area contributed by atoms with Gasteiger partial charge in [0.15, 0.2) is 0 Å². The summed E-state index contributed by atoms with van der Waals surface area (Å²) in [5, 5.41) is 8.63. The number of phenolic OH excluding ortho intramolecular Hbond substituents is 1. The number of hydrogen-bond acceptors (Lipinski definition) is 2. The van der Waals surface area contributed by atoms with Crippen LogP contribution >= 0.6 is 11.8 Å². The molecule has 0 spiro atoms. The van der Waals surface area contributed by atoms with Gasteiger partial charge in [-0.25, -0.2) is 0 Å². The molecule has 0 aliphatic carbocycles. The fourth-order valence-corrected chi connectivity index (χ4v) is 2.46. The highest BCUT2D eigenvalue weighted by molar-refractivity contribution is 7.99. The molecular formula is C16H28OS. The van der Waals surface area contributed by atoms with E-state index in [-0.39, 0.29) is 0 Å². The highest BCUT2D eigenvalue weighted by Crippen LogP contribution is 2.09. The van der Waals surface area contributed by atoms with Crippen LogP contribution in [0.1, 0.15) is 52.4 Å². The van der Waals surface area contributed by atoms with Crippen molar-refractivity contribution >= 4 is 11.8 Å². The molecule has 0 aromatic heterocycles. The summed E-state index contributed by atoms with van der Waals surface area (Å²) in [6, 6.07) is 8.71. The summed E-state index contributed by atoms with van der Waals surface area (Å²) in [4.78, 5) is 0. The summed E-state index contributed by atoms with van der Waals surface area (Å²) in [6.07, 6.45) is 8.40. The number of unbranched alkanes of at least 4 members (excludes halogenated alkanes) is 4. The molecule has 0 amide bonds. The Labute approximate surface area is 117 Å². The maximum atomic E-state index is 8.63. The molecule has 1 aromatic carbocycles. The molecule has 0 aliphatic heterocycles. The number of aromatic hydroxyl groups is 1. The maximum Gasteiger partial charge on any atom is 0.115 e. The van der Waals surface area contributed by atoms with Crippen LogP contribution in [0.25, 0.3) is 0 Å². The van der Waals surface area contributed by atoms with E-state index in [0.717, 1.165) is 0 Å². The third-order valence-electron chi connectivity index (χ3n) is 2.54. The van der Waals surface area contributed by atoms with Gasteiger partial charge in [-0.2, -0.15) is 11.8 Å². The van der Waals surface area contributed by atoms with E-state index in [1.165, 1.54) is 50.0 Å². The van der Waals surface area contributed by atoms with Crippen LogP contribution in [0.4, 0.5) is 0 Å². The van der Waals surface area contributed by atoms with Crippen molar-refractivity contribution in [3.05, 3.63) is 30.3 Å². The van der Waals surface area contributed by atoms with Gasteiger partial charge in [-0.1, -0.05) is 57.7 Å². The summed E-state index contributed by atoms with van der Waals surface area (Å²) in [7, 11) is 0. The van der Waals surface area contributed by atoms with E-state index in [9.17, 15) is 0 Å². The normalized spacial score (nSPS) is 9.67. The van der Waals surface area contributed by atoms with Gasteiger partial charge >= 0.3 is 0 Å². The lowest BCUT2D eigenvalue weighted by Gasteiger charge is -1.99. The Balaban J connectivity index is 0.000000351. The fraction of sp³-hybridized carbons (Fsp3) is 0.625. The molecule has 18 heavy (non-hydrogen) atoms. The van der Waals surface area contributed by atoms with Crippen LogP contribution in [0, 0.1) is 0 Å². The van der Waals surface area contributed by atoms with Crippen LogP contribution in [0.3, 0.4) is 0 Å². The number of phenols is 1. The predicted molar refractivity (Wildman–Crippen MR) is 84.5 cm³/mol. The van der Waals surface area contributed by atoms with Gasteiger partial charge in [0.25, 0.3) is 0 Å². The van der Waals surface area contributed by atoms with Crippen molar-refractivity contribution in [3.8, 4) is 5.75 Å². The van der Waals surface area contributed by atoms with Gasteiger partial charge in [0.05, 0.1) is 0 Å². The molecule has 0 fully saturated rings. The highest BCUT2D eigenvalue weighted by atomic mass is 32.2. The second-order valence-corrected chi connectivity index (χ2v) is 5.59. The summed E-state index contributed by atoms with van der Waals surface area (Å²) < 4.78 is 0. The van der Waals surface area contributed by atoms with Crippen LogP contribution in [-0.4, -0.2) is 16.6 Å². The Morgan fingerprint density at radius 2 is 1.33 bits per heavy atom. The lowest BCUT2D eigenvalue weighted by atomic mass is 10.3. The van der Waals surface area contributed by atoms with Gasteiger partial charge in [0, 0.05) is 0 Å². The molecule has 1 aromatic rings. The van der Waals surface area contributed by atoms with Gasteiger partial charge in [-0.05, 0) is 36.5 Å². The van der Waals surface area contributed by atoms with Crippen molar-refractivity contribution in [1.82, 2.24) is 0 Å². The number of thioether (sulfide) groups is 1. The van der Waals surface area contributed by atoms with Crippen molar-refractivity contribution in [1.29, 1.82) is 0 Å². The van der Waals surface area contributed by atoms with Crippen LogP contribution < -0.4 is 0 Å². The van der Waals surface area contributed by atoms with Crippen molar-refractivity contribution in [2.24, 2.45) is 0 Å². The zero-order valence-electron chi connectivity index (χ0n) is 11.9. The Morgan fingerprint density at radius 3 is 1.67 bits per heavy atom. The van der Waals surface area contributed by atoms with E-state index in [2.05, 4.69) is 25.6 Å². The SMILES string of the molecule is CCCCCSCCCCC.Oc1ccccc1. The van der Waals surface area contributed by atoms with Crippen LogP contribution in [-0.2, 0) is 0 Å². The molecule has 0 aliphatic rings. The first kappa shape index (κ1) is 17.4. The molecule has 2 heteroatoms. The first-order valence-electron chi connectivity index (χ1n) is 7.13. The van der Waals surface area contributed by atoms with Gasteiger partial charge in [0.1, 0.15) is 5.75 Å². The molecule has 0 radical (unpaired) electrons. The Morgan fingerprint density at radius 1 is 0.833 bits per heavy atom. The monoisotopic (exact) mass is 268 g/mol. The zero-order chi connectivity index (χ0) is 13.5. The Bertz CT molecular complexity index is 241. The van der Waals surface area contributed by atoms with Gasteiger partial charge in [-0.15, -0.1) is 0 Å². The molecule has 104 valence electrons. The number of para-hydroxylation sites is 1. The minimum atomic E-state index is 0.322. The number of hydrogen-bond donors (Lipinski definition) is 1. The minimum Gasteiger partial charge on any atom is -0.508 e. The van der Waals surface area contributed by atoms with E-state index in [4.69, 9.17) is 5.11 Å². The molecular weight excluding hydrogens is 240 g/mol. The minimum absolute atomic E-state index is 0.322. The topological polar surface area (TPSA) is 20.2 Å². The van der Waals surface area contributed by atoms with Gasteiger partial charge in [-0.3, -0.25) is 0 Å². The van der Waals surface area contributed by atoms with Gasteiger partial charge < -0.3 is 5.11 Å². The van der Waals surface area contributed by atoms with E-state index in [1.54, 1.807) is 24.3 Å². The Hall–Kier alpha value is -0.630. The van der Waals surface area contributed by atoms with Crippen molar-refractivity contribution < 1.29 is 5.11 Å². The average Bonchev–Trinajstić information content (AvgIpc) is 2.39. The van der Waals surface area contributed by atoms with Gasteiger partial charge in [0.2, 0.25) is 0 Å². The van der Waals surface area contributed by atoms with E-state index in [1.807, 2.05) is 6.07 Å². The lowest BCUT2D eigenvalue weighted by Crippen LogP contribution is -1.83. The summed E-state index contributed by atoms with van der Waals surface area (Å²) >= 11 is 2.13. The number of benzene rings is 1. The van der Waals surface area contributed by atoms with Crippen molar-refractivity contribution in [2.75, 3.05) is 11.5 Å². The molecule has 0 saturated carbocycles. The molecule has 0 saturated heterocycles. The summed E-state index contributed by atoms with van der Waals surface area (Å²) in [5.74, 6) is 3.09. The number of rotatable bonds is 8. The standard InChI is InChI=1S/C10H22S.C6H6O/c1-3-5-7-9-11-10-8-6-4-2;7-6-4-2-1-3-5-6/h3-10H2,1-2H3;1-5,7H. The quantitative estimate of drug-likeness (QED) is 0.629. The third-order valence-corrected chi connectivity index (χ3v) is 3.70. The molecule has 1 N–H and O–H groups in total. The van der Waals surface area contributed by atoms with E-state index < -0.39 is 0 Å². The smallest absolute Gasteiger partial charge is 0.115 e. The highest BCUT2D eigenvalue weighted by Gasteiger charge is 1.88. The lowest BCUT2D eigenvalue weighted by molar-refractivity contribution is 0.475. The molecule has 0 bridgehead atoms. The fourth-order valence-electron chi connectivity index (χ4n) is 1.44. The zero-order valence-corrected chi connectivity index (χ0v) is 12.7. The molecule has 0 heterocycles. The first-order chi connectivity index (χ1) is 8.81. The molecule has 1 nitrogen and oxygen atoms in total. The second-order valence-electron chi connectivity index (χ2n) is 4.36. The largest absolute Gasteiger partial charge is 0.508 e. The van der Waals surface area contributed by atoms with Crippen LogP contribution in [0.5, 0.6) is 5.75 Å². The van der Waals surface area contributed by atoms with E-state index >= 15 is 0 Å². The predicted octanol–water partition coefficient (Wildman–Crippen LogP) is 5.49. The summed E-state index contributed by atoms with van der Waals surface area (Å²) in [6.45, 7) is 4.53. The average molecular weight is 268 g/mol. The third kappa shape index (κ3) is 13.4. The van der Waals surface area contributed by atoms with E-state index in [0.29, 0.717) is 5.75 Å². The summed E-state index contributed by atoms with van der Waals surface area (Å²) in [5.41, 5.74) is 0. The Kier molecular flexibility index (Phi) is 13.9. The van der Waals surface area contributed by atoms with Crippen LogP contribution in [0.2, 0.25) is 0 Å². The van der Waals surface area contributed by atoms with Crippen molar-refractivity contribution in [2.45, 2.75) is 52.4 Å². The molecule has 0 unspecified atom stereocenters. The molecule has 1 rings (SSSR count). The maximum absolute atomic E-state index is 8.63. The molecule has 0 atom stereocenters.